The zero-order valence-electron chi connectivity index (χ0n) is 34.5. The molecule has 0 unspecified atom stereocenters. The number of nitrogens with two attached hydrogens (primary N) is 1. The summed E-state index contributed by atoms with van der Waals surface area (Å²) in [5.74, 6) is -1.68. The number of nitrogen functional groups attached to an aromatic ring is 1. The van der Waals surface area contributed by atoms with Gasteiger partial charge in [-0.1, -0.05) is 58.5 Å². The van der Waals surface area contributed by atoms with E-state index < -0.39 is 86.3 Å². The summed E-state index contributed by atoms with van der Waals surface area (Å²) in [4.78, 5) is 32.6. The first kappa shape index (κ1) is 53.3. The molecule has 0 saturated carbocycles. The Hall–Kier alpha value is -5.69. The Labute approximate surface area is 404 Å². The first-order valence-electron chi connectivity index (χ1n) is 18.4. The number of alkyl halides is 6. The van der Waals surface area contributed by atoms with Gasteiger partial charge in [0.25, 0.3) is 20.0 Å². The number of pyridine rings is 2. The topological polar surface area (TPSA) is 224 Å². The molecule has 0 aliphatic rings. The van der Waals surface area contributed by atoms with E-state index in [1.807, 2.05) is 4.72 Å². The third-order valence-corrected chi connectivity index (χ3v) is 13.4. The SMILES string of the molecule is Cc1ccc(S(=O)(=O)Nc2cc(Cl)cnc2C(=O)c2cc(N)ccc2Cl)cc1C(F)(F)F.Cc1ccc(S(=O)(=O)Nc2cc(Cl)cnc2C(=O)c2cc(NS(C)(=O)=O)ccc2Cl)cc1C(F)(F)F. The van der Waals surface area contributed by atoms with Gasteiger partial charge in [0, 0.05) is 34.9 Å². The summed E-state index contributed by atoms with van der Waals surface area (Å²) in [5, 5.41) is -0.151. The van der Waals surface area contributed by atoms with Crippen molar-refractivity contribution >= 4 is 111 Å². The highest BCUT2D eigenvalue weighted by Crippen LogP contribution is 2.36. The van der Waals surface area contributed by atoms with Crippen LogP contribution in [-0.4, -0.2) is 53.0 Å². The van der Waals surface area contributed by atoms with Crippen LogP contribution in [0, 0.1) is 13.8 Å². The molecule has 360 valence electrons. The highest BCUT2D eigenvalue weighted by molar-refractivity contribution is 7.93. The van der Waals surface area contributed by atoms with Crippen LogP contribution in [0.1, 0.15) is 54.4 Å². The third kappa shape index (κ3) is 13.1. The number of hydrogen-bond acceptors (Lipinski definition) is 11. The monoisotopic (exact) mass is 1080 g/mol. The van der Waals surface area contributed by atoms with Gasteiger partial charge in [0.1, 0.15) is 11.4 Å². The summed E-state index contributed by atoms with van der Waals surface area (Å²) >= 11 is 24.0. The Balaban J connectivity index is 0.000000256. The van der Waals surface area contributed by atoms with E-state index >= 15 is 0 Å². The maximum atomic E-state index is 13.3. The van der Waals surface area contributed by atoms with Gasteiger partial charge in [0.15, 0.2) is 0 Å². The van der Waals surface area contributed by atoms with Crippen molar-refractivity contribution in [1.29, 1.82) is 0 Å². The molecule has 0 saturated heterocycles. The van der Waals surface area contributed by atoms with Crippen LogP contribution >= 0.6 is 46.4 Å². The van der Waals surface area contributed by atoms with Crippen LogP contribution in [0.25, 0.3) is 0 Å². The summed E-state index contributed by atoms with van der Waals surface area (Å²) in [6, 6.07) is 15.0. The van der Waals surface area contributed by atoms with Crippen molar-refractivity contribution in [2.24, 2.45) is 0 Å². The van der Waals surface area contributed by atoms with E-state index in [0.717, 1.165) is 61.1 Å². The number of anilines is 4. The van der Waals surface area contributed by atoms with Gasteiger partial charge in [0.2, 0.25) is 21.6 Å². The number of hydrogen-bond donors (Lipinski definition) is 4. The molecule has 2 heterocycles. The quantitative estimate of drug-likeness (QED) is 0.0512. The molecule has 68 heavy (non-hydrogen) atoms. The molecule has 0 spiro atoms. The lowest BCUT2D eigenvalue weighted by molar-refractivity contribution is -0.139. The van der Waals surface area contributed by atoms with Crippen LogP contribution in [-0.2, 0) is 42.4 Å². The fourth-order valence-corrected chi connectivity index (χ4v) is 9.34. The molecule has 2 aromatic heterocycles. The number of aromatic nitrogens is 2. The minimum atomic E-state index is -4.80. The Morgan fingerprint density at radius 2 is 0.956 bits per heavy atom. The normalized spacial score (nSPS) is 12.1. The number of sulfonamides is 3. The van der Waals surface area contributed by atoms with E-state index in [1.165, 1.54) is 44.2 Å². The van der Waals surface area contributed by atoms with Crippen molar-refractivity contribution in [2.45, 2.75) is 36.0 Å². The molecule has 0 amide bonds. The minimum Gasteiger partial charge on any atom is -0.399 e. The summed E-state index contributed by atoms with van der Waals surface area (Å²) in [6.07, 6.45) is -6.49. The largest absolute Gasteiger partial charge is 0.416 e. The van der Waals surface area contributed by atoms with Gasteiger partial charge in [-0.25, -0.2) is 35.2 Å². The average molecular weight is 1090 g/mol. The molecule has 0 aliphatic heterocycles. The average Bonchev–Trinajstić information content (AvgIpc) is 3.21. The number of aryl methyl sites for hydroxylation is 2. The standard InChI is InChI=1S/C21H16Cl2F3N3O5S2.C20H14Cl2F3N3O3S/c1-11-3-5-14(9-16(11)21(24,25)26)36(33,34)29-18-7-12(22)10-27-19(18)20(30)15-8-13(4-6-17(15)23)28-35(2,31)32;1-10-2-4-13(8-15(10)20(23,24)25)32(30,31)28-17-6-11(21)9-27-18(17)19(29)14-7-12(26)3-5-16(14)22/h3-10,28-29H,1-2H3;2-9,28H,26H2,1H3. The molecule has 0 fully saturated rings. The molecule has 27 heteroatoms. The Morgan fingerprint density at radius 3 is 1.35 bits per heavy atom. The van der Waals surface area contributed by atoms with E-state index in [4.69, 9.17) is 52.1 Å². The number of carbonyl (C=O) groups is 2. The zero-order chi connectivity index (χ0) is 50.9. The second kappa shape index (κ2) is 20.1. The Bertz CT molecular complexity index is 3350. The zero-order valence-corrected chi connectivity index (χ0v) is 40.0. The summed E-state index contributed by atoms with van der Waals surface area (Å²) in [7, 11) is -12.9. The number of halogens is 10. The fourth-order valence-electron chi connectivity index (χ4n) is 5.90. The van der Waals surface area contributed by atoms with Gasteiger partial charge in [-0.2, -0.15) is 26.3 Å². The van der Waals surface area contributed by atoms with E-state index in [-0.39, 0.29) is 65.1 Å². The Morgan fingerprint density at radius 1 is 0.559 bits per heavy atom. The molecular weight excluding hydrogens is 1060 g/mol. The molecule has 14 nitrogen and oxygen atoms in total. The molecule has 0 atom stereocenters. The third-order valence-electron chi connectivity index (χ3n) is 9.03. The lowest BCUT2D eigenvalue weighted by Crippen LogP contribution is -2.18. The molecule has 0 aliphatic carbocycles. The van der Waals surface area contributed by atoms with E-state index in [9.17, 15) is 61.2 Å². The Kier molecular flexibility index (Phi) is 15.8. The van der Waals surface area contributed by atoms with Crippen LogP contribution in [0.2, 0.25) is 20.1 Å². The second-order valence-corrected chi connectivity index (χ2v) is 21.0. The number of nitrogens with zero attached hydrogens (tertiary/aromatic N) is 2. The molecule has 6 rings (SSSR count). The number of carbonyl (C=O) groups excluding carboxylic acids is 2. The molecular formula is C41H30Cl4F6N6O8S3. The van der Waals surface area contributed by atoms with E-state index in [1.54, 1.807) is 0 Å². The van der Waals surface area contributed by atoms with Gasteiger partial charge in [-0.15, -0.1) is 0 Å². The van der Waals surface area contributed by atoms with Gasteiger partial charge in [-0.3, -0.25) is 23.8 Å². The summed E-state index contributed by atoms with van der Waals surface area (Å²) in [5.41, 5.74) is 1.45. The lowest BCUT2D eigenvalue weighted by atomic mass is 10.1. The predicted molar refractivity (Wildman–Crippen MR) is 245 cm³/mol. The number of benzene rings is 4. The van der Waals surface area contributed by atoms with Gasteiger partial charge >= 0.3 is 12.4 Å². The second-order valence-electron chi connectivity index (χ2n) is 14.2. The smallest absolute Gasteiger partial charge is 0.399 e. The molecule has 4 aromatic carbocycles. The summed E-state index contributed by atoms with van der Waals surface area (Å²) in [6.45, 7) is 2.39. The van der Waals surface area contributed by atoms with Gasteiger partial charge in [-0.05, 0) is 97.8 Å². The minimum absolute atomic E-state index is 0.000629. The van der Waals surface area contributed by atoms with Crippen molar-refractivity contribution in [3.63, 3.8) is 0 Å². The van der Waals surface area contributed by atoms with Crippen LogP contribution < -0.4 is 19.9 Å². The maximum absolute atomic E-state index is 13.3. The first-order chi connectivity index (χ1) is 31.3. The van der Waals surface area contributed by atoms with E-state index in [0.29, 0.717) is 12.1 Å². The fraction of sp³-hybridized carbons (Fsp3) is 0.122. The maximum Gasteiger partial charge on any atom is 0.416 e. The van der Waals surface area contributed by atoms with E-state index in [2.05, 4.69) is 19.4 Å². The molecule has 0 radical (unpaired) electrons. The first-order valence-corrected chi connectivity index (χ1v) is 24.8. The lowest BCUT2D eigenvalue weighted by Gasteiger charge is -2.15. The summed E-state index contributed by atoms with van der Waals surface area (Å²) < 4.78 is 160. The van der Waals surface area contributed by atoms with Crippen LogP contribution in [0.5, 0.6) is 0 Å². The van der Waals surface area contributed by atoms with Crippen molar-refractivity contribution in [2.75, 3.05) is 26.2 Å². The van der Waals surface area contributed by atoms with Crippen molar-refractivity contribution in [3.8, 4) is 0 Å². The number of ketones is 2. The molecule has 6 aromatic rings. The van der Waals surface area contributed by atoms with Crippen molar-refractivity contribution in [3.05, 3.63) is 162 Å². The van der Waals surface area contributed by atoms with Gasteiger partial charge in [0.05, 0.1) is 58.6 Å². The van der Waals surface area contributed by atoms with Crippen molar-refractivity contribution < 1.29 is 61.2 Å². The highest BCUT2D eigenvalue weighted by Gasteiger charge is 2.35. The molecule has 5 N–H and O–H groups in total. The highest BCUT2D eigenvalue weighted by atomic mass is 35.5. The van der Waals surface area contributed by atoms with Crippen LogP contribution in [0.3, 0.4) is 0 Å². The molecule has 0 bridgehead atoms. The van der Waals surface area contributed by atoms with Crippen molar-refractivity contribution in [1.82, 2.24) is 9.97 Å². The number of nitrogens with one attached hydrogen (secondary N) is 3. The van der Waals surface area contributed by atoms with Gasteiger partial charge < -0.3 is 5.73 Å². The number of rotatable bonds is 12. The van der Waals surface area contributed by atoms with Crippen LogP contribution in [0.15, 0.2) is 107 Å². The predicted octanol–water partition coefficient (Wildman–Crippen LogP) is 10.4. The van der Waals surface area contributed by atoms with Crippen LogP contribution in [0.4, 0.5) is 49.1 Å².